The van der Waals surface area contributed by atoms with Gasteiger partial charge in [-0.25, -0.2) is 8.42 Å². The molecule has 8 nitrogen and oxygen atoms in total. The summed E-state index contributed by atoms with van der Waals surface area (Å²) in [7, 11) is -3.59. The standard InChI is InChI=1S/C19H19F2N3O5S/c20-19(21)29-15-5-3-4-14(12-15)18(26)23-22-17(25)13-6-8-16(9-7-13)30(27,28)24-10-1-2-11-24/h3-9,12,19H,1-2,10-11H2,(H,22,25)(H,23,26). The van der Waals surface area contributed by atoms with Gasteiger partial charge in [-0.2, -0.15) is 13.1 Å². The third kappa shape index (κ3) is 5.10. The summed E-state index contributed by atoms with van der Waals surface area (Å²) in [6.07, 6.45) is 1.63. The molecule has 1 saturated heterocycles. The highest BCUT2D eigenvalue weighted by Crippen LogP contribution is 2.21. The van der Waals surface area contributed by atoms with E-state index < -0.39 is 28.4 Å². The van der Waals surface area contributed by atoms with Gasteiger partial charge >= 0.3 is 6.61 Å². The van der Waals surface area contributed by atoms with Crippen molar-refractivity contribution >= 4 is 21.8 Å². The molecule has 0 atom stereocenters. The van der Waals surface area contributed by atoms with Crippen LogP contribution in [0.5, 0.6) is 5.75 Å². The number of rotatable bonds is 6. The maximum atomic E-state index is 12.5. The minimum Gasteiger partial charge on any atom is -0.435 e. The van der Waals surface area contributed by atoms with Crippen LogP contribution in [0.4, 0.5) is 8.78 Å². The van der Waals surface area contributed by atoms with E-state index in [1.807, 2.05) is 0 Å². The smallest absolute Gasteiger partial charge is 0.387 e. The van der Waals surface area contributed by atoms with Crippen molar-refractivity contribution in [3.63, 3.8) is 0 Å². The van der Waals surface area contributed by atoms with E-state index in [0.717, 1.165) is 18.9 Å². The number of sulfonamides is 1. The van der Waals surface area contributed by atoms with E-state index in [0.29, 0.717) is 13.1 Å². The SMILES string of the molecule is O=C(NNC(=O)c1cccc(OC(F)F)c1)c1ccc(S(=O)(=O)N2CCCC2)cc1. The van der Waals surface area contributed by atoms with Gasteiger partial charge in [0.15, 0.2) is 0 Å². The molecule has 0 spiro atoms. The van der Waals surface area contributed by atoms with Crippen molar-refractivity contribution in [3.8, 4) is 5.75 Å². The Morgan fingerprint density at radius 2 is 1.53 bits per heavy atom. The number of alkyl halides is 2. The number of hydrogen-bond acceptors (Lipinski definition) is 5. The molecule has 11 heteroatoms. The zero-order chi connectivity index (χ0) is 21.7. The largest absolute Gasteiger partial charge is 0.435 e. The number of hydrazine groups is 1. The Kier molecular flexibility index (Phi) is 6.63. The predicted octanol–water partition coefficient (Wildman–Crippen LogP) is 2.15. The van der Waals surface area contributed by atoms with Crippen LogP contribution < -0.4 is 15.6 Å². The number of nitrogens with zero attached hydrogens (tertiary/aromatic N) is 1. The highest BCUT2D eigenvalue weighted by atomic mass is 32.2. The first kappa shape index (κ1) is 21.7. The summed E-state index contributed by atoms with van der Waals surface area (Å²) in [4.78, 5) is 24.4. The molecule has 2 aromatic rings. The fraction of sp³-hybridized carbons (Fsp3) is 0.263. The Morgan fingerprint density at radius 1 is 0.933 bits per heavy atom. The van der Waals surface area contributed by atoms with Crippen molar-refractivity contribution < 1.29 is 31.5 Å². The van der Waals surface area contributed by atoms with Crippen LogP contribution in [0.2, 0.25) is 0 Å². The Hall–Kier alpha value is -3.05. The lowest BCUT2D eigenvalue weighted by molar-refractivity contribution is -0.0498. The van der Waals surface area contributed by atoms with Gasteiger partial charge in [0.05, 0.1) is 4.90 Å². The maximum Gasteiger partial charge on any atom is 0.387 e. The molecule has 1 fully saturated rings. The second kappa shape index (κ2) is 9.18. The molecule has 1 aliphatic rings. The Balaban J connectivity index is 1.60. The molecule has 0 unspecified atom stereocenters. The summed E-state index contributed by atoms with van der Waals surface area (Å²) in [6.45, 7) is -2.08. The summed E-state index contributed by atoms with van der Waals surface area (Å²) in [6, 6.07) is 10.4. The predicted molar refractivity (Wildman–Crippen MR) is 102 cm³/mol. The van der Waals surface area contributed by atoms with E-state index in [2.05, 4.69) is 15.6 Å². The summed E-state index contributed by atoms with van der Waals surface area (Å²) in [5, 5.41) is 0. The van der Waals surface area contributed by atoms with Crippen LogP contribution in [-0.2, 0) is 10.0 Å². The Bertz CT molecular complexity index is 1020. The maximum absolute atomic E-state index is 12.5. The molecule has 2 aromatic carbocycles. The molecule has 3 rings (SSSR count). The van der Waals surface area contributed by atoms with Gasteiger partial charge in [0, 0.05) is 24.2 Å². The molecule has 30 heavy (non-hydrogen) atoms. The molecule has 0 radical (unpaired) electrons. The van der Waals surface area contributed by atoms with Crippen LogP contribution >= 0.6 is 0 Å². The molecule has 0 bridgehead atoms. The number of amides is 2. The van der Waals surface area contributed by atoms with Gasteiger partial charge in [0.25, 0.3) is 11.8 Å². The minimum absolute atomic E-state index is 0.000467. The van der Waals surface area contributed by atoms with Crippen LogP contribution in [0, 0.1) is 0 Å². The summed E-state index contributed by atoms with van der Waals surface area (Å²) in [5.74, 6) is -1.61. The number of carbonyl (C=O) groups is 2. The van der Waals surface area contributed by atoms with Crippen LogP contribution in [0.1, 0.15) is 33.6 Å². The normalized spacial score (nSPS) is 14.5. The van der Waals surface area contributed by atoms with Crippen LogP contribution in [0.15, 0.2) is 53.4 Å². The van der Waals surface area contributed by atoms with Gasteiger partial charge in [-0.15, -0.1) is 0 Å². The number of carbonyl (C=O) groups excluding carboxylic acids is 2. The number of halogens is 2. The Morgan fingerprint density at radius 3 is 2.13 bits per heavy atom. The van der Waals surface area contributed by atoms with Crippen molar-refractivity contribution in [2.45, 2.75) is 24.3 Å². The highest BCUT2D eigenvalue weighted by Gasteiger charge is 2.27. The zero-order valence-corrected chi connectivity index (χ0v) is 16.5. The van der Waals surface area contributed by atoms with Crippen molar-refractivity contribution in [2.24, 2.45) is 0 Å². The quantitative estimate of drug-likeness (QED) is 0.671. The number of ether oxygens (including phenoxy) is 1. The lowest BCUT2D eigenvalue weighted by Gasteiger charge is -2.15. The van der Waals surface area contributed by atoms with Crippen LogP contribution in [-0.4, -0.2) is 44.2 Å². The molecule has 2 N–H and O–H groups in total. The number of hydrogen-bond donors (Lipinski definition) is 2. The fourth-order valence-corrected chi connectivity index (χ4v) is 4.44. The molecular weight excluding hydrogens is 420 g/mol. The zero-order valence-electron chi connectivity index (χ0n) is 15.7. The summed E-state index contributed by atoms with van der Waals surface area (Å²) >= 11 is 0. The van der Waals surface area contributed by atoms with Gasteiger partial charge < -0.3 is 4.74 Å². The van der Waals surface area contributed by atoms with Gasteiger partial charge in [0.1, 0.15) is 5.75 Å². The molecule has 1 aliphatic heterocycles. The van der Waals surface area contributed by atoms with E-state index in [4.69, 9.17) is 0 Å². The third-order valence-electron chi connectivity index (χ3n) is 4.43. The van der Waals surface area contributed by atoms with Gasteiger partial charge in [-0.3, -0.25) is 20.4 Å². The lowest BCUT2D eigenvalue weighted by Crippen LogP contribution is -2.41. The van der Waals surface area contributed by atoms with Crippen LogP contribution in [0.25, 0.3) is 0 Å². The molecule has 0 saturated carbocycles. The van der Waals surface area contributed by atoms with Crippen molar-refractivity contribution in [1.29, 1.82) is 0 Å². The number of benzene rings is 2. The molecular formula is C19H19F2N3O5S. The van der Waals surface area contributed by atoms with Crippen molar-refractivity contribution in [3.05, 3.63) is 59.7 Å². The topological polar surface area (TPSA) is 105 Å². The second-order valence-corrected chi connectivity index (χ2v) is 8.39. The van der Waals surface area contributed by atoms with E-state index in [-0.39, 0.29) is 21.8 Å². The van der Waals surface area contributed by atoms with Crippen molar-refractivity contribution in [2.75, 3.05) is 13.1 Å². The Labute approximate surface area is 171 Å². The lowest BCUT2D eigenvalue weighted by atomic mass is 10.2. The number of nitrogens with one attached hydrogen (secondary N) is 2. The first-order chi connectivity index (χ1) is 14.3. The summed E-state index contributed by atoms with van der Waals surface area (Å²) in [5.41, 5.74) is 4.47. The monoisotopic (exact) mass is 439 g/mol. The van der Waals surface area contributed by atoms with Gasteiger partial charge in [0.2, 0.25) is 10.0 Å². The van der Waals surface area contributed by atoms with E-state index >= 15 is 0 Å². The molecule has 1 heterocycles. The molecule has 0 aliphatic carbocycles. The first-order valence-electron chi connectivity index (χ1n) is 9.03. The first-order valence-corrected chi connectivity index (χ1v) is 10.5. The van der Waals surface area contributed by atoms with E-state index in [9.17, 15) is 26.8 Å². The van der Waals surface area contributed by atoms with E-state index in [1.54, 1.807) is 0 Å². The highest BCUT2D eigenvalue weighted by molar-refractivity contribution is 7.89. The van der Waals surface area contributed by atoms with Crippen molar-refractivity contribution in [1.82, 2.24) is 15.2 Å². The molecule has 0 aromatic heterocycles. The van der Waals surface area contributed by atoms with Crippen LogP contribution in [0.3, 0.4) is 0 Å². The average Bonchev–Trinajstić information content (AvgIpc) is 3.27. The molecule has 2 amide bonds. The van der Waals surface area contributed by atoms with Gasteiger partial charge in [-0.1, -0.05) is 6.07 Å². The average molecular weight is 439 g/mol. The van der Waals surface area contributed by atoms with Gasteiger partial charge in [-0.05, 0) is 55.3 Å². The second-order valence-electron chi connectivity index (χ2n) is 6.45. The minimum atomic E-state index is -3.59. The fourth-order valence-electron chi connectivity index (χ4n) is 2.93. The van der Waals surface area contributed by atoms with E-state index in [1.165, 1.54) is 46.8 Å². The third-order valence-corrected chi connectivity index (χ3v) is 6.34. The summed E-state index contributed by atoms with van der Waals surface area (Å²) < 4.78 is 55.1. The molecule has 160 valence electrons.